The molecule has 142 valence electrons. The minimum absolute atomic E-state index is 0.119. The van der Waals surface area contributed by atoms with Crippen molar-refractivity contribution in [2.75, 3.05) is 38.0 Å². The maximum atomic E-state index is 12.7. The van der Waals surface area contributed by atoms with E-state index < -0.39 is 0 Å². The molecule has 0 atom stereocenters. The lowest BCUT2D eigenvalue weighted by Gasteiger charge is -2.33. The lowest BCUT2D eigenvalue weighted by atomic mass is 10.1. The highest BCUT2D eigenvalue weighted by Gasteiger charge is 2.23. The SMILES string of the molecule is CCN1CCN(C(=O)c2cc(C(=O)Nc3ccc(C)cc3C)ccn2)CC1. The molecule has 1 aliphatic heterocycles. The molecule has 1 saturated heterocycles. The zero-order valence-electron chi connectivity index (χ0n) is 16.2. The summed E-state index contributed by atoms with van der Waals surface area (Å²) >= 11 is 0. The number of rotatable bonds is 4. The fourth-order valence-electron chi connectivity index (χ4n) is 3.27. The molecule has 0 saturated carbocycles. The van der Waals surface area contributed by atoms with Crippen molar-refractivity contribution in [3.8, 4) is 0 Å². The van der Waals surface area contributed by atoms with Crippen LogP contribution in [0.25, 0.3) is 0 Å². The molecule has 2 heterocycles. The summed E-state index contributed by atoms with van der Waals surface area (Å²) in [6.45, 7) is 10.2. The van der Waals surface area contributed by atoms with Gasteiger partial charge in [0.1, 0.15) is 5.69 Å². The van der Waals surface area contributed by atoms with Gasteiger partial charge in [-0.25, -0.2) is 0 Å². The number of hydrogen-bond acceptors (Lipinski definition) is 4. The Bertz CT molecular complexity index is 842. The summed E-state index contributed by atoms with van der Waals surface area (Å²) < 4.78 is 0. The van der Waals surface area contributed by atoms with Crippen molar-refractivity contribution in [3.05, 3.63) is 58.9 Å². The molecule has 0 bridgehead atoms. The standard InChI is InChI=1S/C21H26N4O2/c1-4-24-9-11-25(12-10-24)21(27)19-14-17(7-8-22-19)20(26)23-18-6-5-15(2)13-16(18)3/h5-8,13-14H,4,9-12H2,1-3H3,(H,23,26). The van der Waals surface area contributed by atoms with Gasteiger partial charge >= 0.3 is 0 Å². The van der Waals surface area contributed by atoms with Gasteiger partial charge in [-0.1, -0.05) is 24.6 Å². The molecule has 6 nitrogen and oxygen atoms in total. The van der Waals surface area contributed by atoms with Gasteiger partial charge in [0.15, 0.2) is 0 Å². The number of carbonyl (C=O) groups excluding carboxylic acids is 2. The first-order valence-corrected chi connectivity index (χ1v) is 9.34. The topological polar surface area (TPSA) is 65.5 Å². The minimum atomic E-state index is -0.241. The normalized spacial score (nSPS) is 14.9. The highest BCUT2D eigenvalue weighted by atomic mass is 16.2. The quantitative estimate of drug-likeness (QED) is 0.904. The molecule has 0 spiro atoms. The van der Waals surface area contributed by atoms with E-state index >= 15 is 0 Å². The summed E-state index contributed by atoms with van der Waals surface area (Å²) in [6.07, 6.45) is 1.52. The van der Waals surface area contributed by atoms with Crippen molar-refractivity contribution >= 4 is 17.5 Å². The number of aryl methyl sites for hydroxylation is 2. The van der Waals surface area contributed by atoms with Crippen LogP contribution in [0.1, 0.15) is 38.9 Å². The van der Waals surface area contributed by atoms with Crippen molar-refractivity contribution < 1.29 is 9.59 Å². The van der Waals surface area contributed by atoms with Crippen molar-refractivity contribution in [2.24, 2.45) is 0 Å². The molecular formula is C21H26N4O2. The predicted octanol–water partition coefficient (Wildman–Crippen LogP) is 2.73. The van der Waals surface area contributed by atoms with Crippen LogP contribution in [0, 0.1) is 13.8 Å². The molecule has 1 aromatic heterocycles. The number of amides is 2. The van der Waals surface area contributed by atoms with Gasteiger partial charge in [0.25, 0.3) is 11.8 Å². The molecule has 0 radical (unpaired) electrons. The summed E-state index contributed by atoms with van der Waals surface area (Å²) in [5, 5.41) is 2.91. The average Bonchev–Trinajstić information content (AvgIpc) is 2.69. The lowest BCUT2D eigenvalue weighted by Crippen LogP contribution is -2.48. The highest BCUT2D eigenvalue weighted by Crippen LogP contribution is 2.17. The summed E-state index contributed by atoms with van der Waals surface area (Å²) in [6, 6.07) is 9.08. The minimum Gasteiger partial charge on any atom is -0.335 e. The third kappa shape index (κ3) is 4.52. The Morgan fingerprint density at radius 2 is 1.81 bits per heavy atom. The van der Waals surface area contributed by atoms with E-state index in [0.29, 0.717) is 24.3 Å². The first-order chi connectivity index (χ1) is 13.0. The Morgan fingerprint density at radius 3 is 2.48 bits per heavy atom. The molecule has 1 aliphatic rings. The third-order valence-corrected chi connectivity index (χ3v) is 4.98. The van der Waals surface area contributed by atoms with Gasteiger partial charge in [-0.2, -0.15) is 0 Å². The van der Waals surface area contributed by atoms with E-state index in [-0.39, 0.29) is 11.8 Å². The maximum absolute atomic E-state index is 12.7. The highest BCUT2D eigenvalue weighted by molar-refractivity contribution is 6.06. The maximum Gasteiger partial charge on any atom is 0.272 e. The average molecular weight is 366 g/mol. The van der Waals surface area contributed by atoms with Crippen LogP contribution in [0.3, 0.4) is 0 Å². The Kier molecular flexibility index (Phi) is 5.86. The molecule has 27 heavy (non-hydrogen) atoms. The smallest absolute Gasteiger partial charge is 0.272 e. The van der Waals surface area contributed by atoms with Crippen LogP contribution in [0.15, 0.2) is 36.5 Å². The number of piperazine rings is 1. The van der Waals surface area contributed by atoms with Crippen molar-refractivity contribution in [1.29, 1.82) is 0 Å². The van der Waals surface area contributed by atoms with Crippen LogP contribution in [-0.2, 0) is 0 Å². The number of benzene rings is 1. The van der Waals surface area contributed by atoms with Crippen LogP contribution in [-0.4, -0.2) is 59.3 Å². The Hall–Kier alpha value is -2.73. The molecule has 0 unspecified atom stereocenters. The Morgan fingerprint density at radius 1 is 1.07 bits per heavy atom. The first kappa shape index (κ1) is 19.0. The van der Waals surface area contributed by atoms with Gasteiger partial charge in [0.05, 0.1) is 0 Å². The summed E-state index contributed by atoms with van der Waals surface area (Å²) in [5.74, 6) is -0.360. The van der Waals surface area contributed by atoms with Crippen LogP contribution < -0.4 is 5.32 Å². The molecule has 3 rings (SSSR count). The summed E-state index contributed by atoms with van der Waals surface area (Å²) in [5.41, 5.74) is 3.66. The van der Waals surface area contributed by atoms with E-state index in [9.17, 15) is 9.59 Å². The number of hydrogen-bond donors (Lipinski definition) is 1. The number of pyridine rings is 1. The Labute approximate surface area is 160 Å². The lowest BCUT2D eigenvalue weighted by molar-refractivity contribution is 0.0637. The van der Waals surface area contributed by atoms with Crippen molar-refractivity contribution in [1.82, 2.24) is 14.8 Å². The molecule has 1 aromatic carbocycles. The molecule has 2 aromatic rings. The van der Waals surface area contributed by atoms with Gasteiger partial charge < -0.3 is 15.1 Å². The van der Waals surface area contributed by atoms with E-state index in [1.807, 2.05) is 32.0 Å². The number of nitrogens with zero attached hydrogens (tertiary/aromatic N) is 3. The summed E-state index contributed by atoms with van der Waals surface area (Å²) in [4.78, 5) is 33.7. The van der Waals surface area contributed by atoms with E-state index in [2.05, 4.69) is 22.1 Å². The van der Waals surface area contributed by atoms with Gasteiger partial charge in [-0.3, -0.25) is 14.6 Å². The van der Waals surface area contributed by atoms with Gasteiger partial charge in [-0.05, 0) is 44.2 Å². The second-order valence-electron chi connectivity index (χ2n) is 6.93. The fraction of sp³-hybridized carbons (Fsp3) is 0.381. The second kappa shape index (κ2) is 8.31. The zero-order valence-corrected chi connectivity index (χ0v) is 16.2. The van der Waals surface area contributed by atoms with Crippen molar-refractivity contribution in [2.45, 2.75) is 20.8 Å². The van der Waals surface area contributed by atoms with Crippen LogP contribution in [0.2, 0.25) is 0 Å². The Balaban J connectivity index is 1.71. The van der Waals surface area contributed by atoms with Gasteiger partial charge in [0.2, 0.25) is 0 Å². The molecule has 6 heteroatoms. The molecule has 0 aliphatic carbocycles. The number of aromatic nitrogens is 1. The number of anilines is 1. The number of carbonyl (C=O) groups is 2. The van der Waals surface area contributed by atoms with Crippen LogP contribution >= 0.6 is 0 Å². The zero-order chi connectivity index (χ0) is 19.4. The van der Waals surface area contributed by atoms with E-state index in [1.165, 1.54) is 6.20 Å². The largest absolute Gasteiger partial charge is 0.335 e. The predicted molar refractivity (Wildman–Crippen MR) is 106 cm³/mol. The second-order valence-corrected chi connectivity index (χ2v) is 6.93. The summed E-state index contributed by atoms with van der Waals surface area (Å²) in [7, 11) is 0. The molecule has 2 amide bonds. The van der Waals surface area contributed by atoms with E-state index in [1.54, 1.807) is 17.0 Å². The number of nitrogens with one attached hydrogen (secondary N) is 1. The fourth-order valence-corrected chi connectivity index (χ4v) is 3.27. The van der Waals surface area contributed by atoms with Gasteiger partial charge in [-0.15, -0.1) is 0 Å². The molecular weight excluding hydrogens is 340 g/mol. The number of likely N-dealkylation sites (N-methyl/N-ethyl adjacent to an activating group) is 1. The van der Waals surface area contributed by atoms with E-state index in [0.717, 1.165) is 36.4 Å². The monoisotopic (exact) mass is 366 g/mol. The molecule has 1 fully saturated rings. The van der Waals surface area contributed by atoms with Crippen LogP contribution in [0.5, 0.6) is 0 Å². The molecule has 1 N–H and O–H groups in total. The first-order valence-electron chi connectivity index (χ1n) is 9.34. The van der Waals surface area contributed by atoms with Crippen molar-refractivity contribution in [3.63, 3.8) is 0 Å². The van der Waals surface area contributed by atoms with E-state index in [4.69, 9.17) is 0 Å². The third-order valence-electron chi connectivity index (χ3n) is 4.98. The van der Waals surface area contributed by atoms with Crippen LogP contribution in [0.4, 0.5) is 5.69 Å². The van der Waals surface area contributed by atoms with Gasteiger partial charge in [0, 0.05) is 43.6 Å².